The normalized spacial score (nSPS) is 16.2. The van der Waals surface area contributed by atoms with E-state index in [4.69, 9.17) is 0 Å². The zero-order valence-electron chi connectivity index (χ0n) is 11.5. The highest BCUT2D eigenvalue weighted by atomic mass is 19.3. The van der Waals surface area contributed by atoms with Gasteiger partial charge in [-0.3, -0.25) is 4.79 Å². The minimum atomic E-state index is -2.88. The van der Waals surface area contributed by atoms with Gasteiger partial charge in [0.2, 0.25) is 0 Å². The van der Waals surface area contributed by atoms with E-state index in [2.05, 4.69) is 4.74 Å². The van der Waals surface area contributed by atoms with Crippen LogP contribution in [-0.2, 0) is 0 Å². The van der Waals surface area contributed by atoms with Crippen LogP contribution in [0, 0.1) is 0 Å². The summed E-state index contributed by atoms with van der Waals surface area (Å²) in [5, 5.41) is 0. The number of carbonyl (C=O) groups is 1. The molecule has 1 aromatic rings. The molecule has 0 unspecified atom stereocenters. The van der Waals surface area contributed by atoms with Gasteiger partial charge in [-0.15, -0.1) is 0 Å². The fraction of sp³-hybridized carbons (Fsp3) is 0.533. The third-order valence-electron chi connectivity index (χ3n) is 3.75. The molecule has 1 amide bonds. The smallest absolute Gasteiger partial charge is 0.387 e. The highest BCUT2D eigenvalue weighted by Gasteiger charge is 2.23. The summed E-state index contributed by atoms with van der Waals surface area (Å²) in [6, 6.07) is 6.22. The number of alkyl halides is 2. The number of hydrogen-bond acceptors (Lipinski definition) is 2. The maximum absolute atomic E-state index is 12.4. The van der Waals surface area contributed by atoms with Crippen molar-refractivity contribution in [3.63, 3.8) is 0 Å². The Bertz CT molecular complexity index is 459. The molecule has 0 aromatic heterocycles. The maximum Gasteiger partial charge on any atom is 0.387 e. The van der Waals surface area contributed by atoms with Gasteiger partial charge < -0.3 is 9.64 Å². The summed E-state index contributed by atoms with van der Waals surface area (Å²) in [4.78, 5) is 14.1. The first-order chi connectivity index (χ1) is 9.58. The number of hydrogen-bond donors (Lipinski definition) is 0. The fourth-order valence-corrected chi connectivity index (χ4v) is 2.64. The lowest BCUT2D eigenvalue weighted by molar-refractivity contribution is -0.0499. The Morgan fingerprint density at radius 3 is 2.65 bits per heavy atom. The number of benzene rings is 1. The lowest BCUT2D eigenvalue weighted by atomic mass is 9.94. The molecule has 0 saturated heterocycles. The van der Waals surface area contributed by atoms with Gasteiger partial charge in [0.25, 0.3) is 5.91 Å². The van der Waals surface area contributed by atoms with Gasteiger partial charge in [0.15, 0.2) is 0 Å². The van der Waals surface area contributed by atoms with Crippen molar-refractivity contribution < 1.29 is 18.3 Å². The van der Waals surface area contributed by atoms with E-state index in [0.717, 1.165) is 25.7 Å². The van der Waals surface area contributed by atoms with E-state index in [9.17, 15) is 13.6 Å². The molecule has 3 nitrogen and oxygen atoms in total. The van der Waals surface area contributed by atoms with Gasteiger partial charge in [-0.25, -0.2) is 0 Å². The average molecular weight is 283 g/mol. The molecule has 1 saturated carbocycles. The summed E-state index contributed by atoms with van der Waals surface area (Å²) in [5.74, 6) is -0.125. The molecule has 1 aliphatic rings. The first-order valence-corrected chi connectivity index (χ1v) is 6.90. The predicted molar refractivity (Wildman–Crippen MR) is 72.0 cm³/mol. The van der Waals surface area contributed by atoms with Crippen LogP contribution in [0.15, 0.2) is 24.3 Å². The lowest BCUT2D eigenvalue weighted by Gasteiger charge is -2.31. The Morgan fingerprint density at radius 2 is 2.00 bits per heavy atom. The summed E-state index contributed by atoms with van der Waals surface area (Å²) in [6.45, 7) is -2.88. The van der Waals surface area contributed by atoms with Gasteiger partial charge in [0.05, 0.1) is 0 Å². The zero-order chi connectivity index (χ0) is 14.5. The molecule has 0 heterocycles. The predicted octanol–water partition coefficient (Wildman–Crippen LogP) is 3.69. The van der Waals surface area contributed by atoms with Crippen molar-refractivity contribution in [2.75, 3.05) is 7.05 Å². The Balaban J connectivity index is 2.07. The van der Waals surface area contributed by atoms with E-state index in [1.807, 2.05) is 0 Å². The number of halogens is 2. The highest BCUT2D eigenvalue weighted by Crippen LogP contribution is 2.24. The third kappa shape index (κ3) is 3.68. The van der Waals surface area contributed by atoms with Crippen molar-refractivity contribution in [3.8, 4) is 5.75 Å². The van der Waals surface area contributed by atoms with Crippen LogP contribution in [0.3, 0.4) is 0 Å². The molecule has 0 bridgehead atoms. The number of ether oxygens (including phenoxy) is 1. The van der Waals surface area contributed by atoms with E-state index in [1.165, 1.54) is 18.6 Å². The molecule has 1 aromatic carbocycles. The molecule has 2 rings (SSSR count). The quantitative estimate of drug-likeness (QED) is 0.843. The monoisotopic (exact) mass is 283 g/mol. The molecule has 1 aliphatic carbocycles. The van der Waals surface area contributed by atoms with Crippen LogP contribution in [0.5, 0.6) is 5.75 Å². The zero-order valence-corrected chi connectivity index (χ0v) is 11.5. The van der Waals surface area contributed by atoms with E-state index in [-0.39, 0.29) is 17.7 Å². The molecule has 0 N–H and O–H groups in total. The van der Waals surface area contributed by atoms with Crippen LogP contribution < -0.4 is 4.74 Å². The summed E-state index contributed by atoms with van der Waals surface area (Å²) < 4.78 is 28.7. The average Bonchev–Trinajstić information content (AvgIpc) is 2.46. The molecule has 110 valence electrons. The van der Waals surface area contributed by atoms with Crippen molar-refractivity contribution in [3.05, 3.63) is 29.8 Å². The van der Waals surface area contributed by atoms with Crippen molar-refractivity contribution in [2.24, 2.45) is 0 Å². The number of rotatable bonds is 4. The van der Waals surface area contributed by atoms with E-state index in [0.29, 0.717) is 5.56 Å². The topological polar surface area (TPSA) is 29.5 Å². The summed E-state index contributed by atoms with van der Waals surface area (Å²) in [5.41, 5.74) is 0.385. The van der Waals surface area contributed by atoms with Crippen LogP contribution >= 0.6 is 0 Å². The summed E-state index contributed by atoms with van der Waals surface area (Å²) in [6.07, 6.45) is 5.51. The van der Waals surface area contributed by atoms with Crippen molar-refractivity contribution in [1.82, 2.24) is 4.90 Å². The van der Waals surface area contributed by atoms with E-state index in [1.54, 1.807) is 24.1 Å². The SMILES string of the molecule is CN(C(=O)c1cccc(OC(F)F)c1)C1CCCCC1. The van der Waals surface area contributed by atoms with E-state index < -0.39 is 6.61 Å². The minimum absolute atomic E-state index is 0.0166. The van der Waals surface area contributed by atoms with Crippen molar-refractivity contribution >= 4 is 5.91 Å². The molecule has 0 radical (unpaired) electrons. The minimum Gasteiger partial charge on any atom is -0.435 e. The largest absolute Gasteiger partial charge is 0.435 e. The molecular weight excluding hydrogens is 264 g/mol. The summed E-state index contributed by atoms with van der Waals surface area (Å²) >= 11 is 0. The Hall–Kier alpha value is -1.65. The lowest BCUT2D eigenvalue weighted by Crippen LogP contribution is -2.38. The molecule has 1 fully saturated rings. The van der Waals surface area contributed by atoms with Gasteiger partial charge >= 0.3 is 6.61 Å². The Morgan fingerprint density at radius 1 is 1.30 bits per heavy atom. The molecule has 0 aliphatic heterocycles. The van der Waals surface area contributed by atoms with Crippen LogP contribution in [0.4, 0.5) is 8.78 Å². The molecule has 20 heavy (non-hydrogen) atoms. The molecular formula is C15H19F2NO2. The standard InChI is InChI=1S/C15H19F2NO2/c1-18(12-7-3-2-4-8-12)14(19)11-6-5-9-13(10-11)20-15(16)17/h5-6,9-10,12,15H,2-4,7-8H2,1H3. The van der Waals surface area contributed by atoms with Gasteiger partial charge in [-0.2, -0.15) is 8.78 Å². The van der Waals surface area contributed by atoms with Gasteiger partial charge in [-0.1, -0.05) is 25.3 Å². The second-order valence-electron chi connectivity index (χ2n) is 5.11. The fourth-order valence-electron chi connectivity index (χ4n) is 2.64. The van der Waals surface area contributed by atoms with Gasteiger partial charge in [0, 0.05) is 18.7 Å². The second-order valence-corrected chi connectivity index (χ2v) is 5.11. The second kappa shape index (κ2) is 6.68. The number of nitrogens with zero attached hydrogens (tertiary/aromatic N) is 1. The van der Waals surface area contributed by atoms with Gasteiger partial charge in [-0.05, 0) is 31.0 Å². The van der Waals surface area contributed by atoms with Crippen molar-refractivity contribution in [1.29, 1.82) is 0 Å². The maximum atomic E-state index is 12.4. The first kappa shape index (κ1) is 14.8. The van der Waals surface area contributed by atoms with Crippen LogP contribution in [0.2, 0.25) is 0 Å². The van der Waals surface area contributed by atoms with Crippen LogP contribution in [0.25, 0.3) is 0 Å². The Labute approximate surface area is 117 Å². The highest BCUT2D eigenvalue weighted by molar-refractivity contribution is 5.94. The third-order valence-corrected chi connectivity index (χ3v) is 3.75. The molecule has 0 spiro atoms. The number of amides is 1. The summed E-state index contributed by atoms with van der Waals surface area (Å²) in [7, 11) is 1.78. The number of carbonyl (C=O) groups excluding carboxylic acids is 1. The Kier molecular flexibility index (Phi) is 4.93. The first-order valence-electron chi connectivity index (χ1n) is 6.90. The van der Waals surface area contributed by atoms with Gasteiger partial charge in [0.1, 0.15) is 5.75 Å². The van der Waals surface area contributed by atoms with Crippen LogP contribution in [-0.4, -0.2) is 30.5 Å². The van der Waals surface area contributed by atoms with Crippen molar-refractivity contribution in [2.45, 2.75) is 44.8 Å². The molecule has 5 heteroatoms. The van der Waals surface area contributed by atoms with E-state index >= 15 is 0 Å². The molecule has 0 atom stereocenters. The van der Waals surface area contributed by atoms with Crippen LogP contribution in [0.1, 0.15) is 42.5 Å².